The first kappa shape index (κ1) is 42.2. The number of nitrogens with zero attached hydrogens (tertiary/aromatic N) is 6. The van der Waals surface area contributed by atoms with Crippen LogP contribution in [0.3, 0.4) is 0 Å². The zero-order valence-corrected chi connectivity index (χ0v) is 32.8. The minimum atomic E-state index is -1.68. The number of cyclic esters (lactones) is 1. The molecule has 4 heterocycles. The van der Waals surface area contributed by atoms with Gasteiger partial charge in [0.25, 0.3) is 0 Å². The summed E-state index contributed by atoms with van der Waals surface area (Å²) in [7, 11) is 3.82. The van der Waals surface area contributed by atoms with Crippen LogP contribution in [0.1, 0.15) is 81.1 Å². The van der Waals surface area contributed by atoms with Crippen LogP contribution in [0.25, 0.3) is 11.3 Å². The predicted molar refractivity (Wildman–Crippen MR) is 196 cm³/mol. The van der Waals surface area contributed by atoms with Crippen molar-refractivity contribution in [3.05, 3.63) is 30.7 Å². The number of pyridine rings is 1. The van der Waals surface area contributed by atoms with E-state index in [1.165, 1.54) is 6.92 Å². The van der Waals surface area contributed by atoms with Gasteiger partial charge in [0.1, 0.15) is 29.6 Å². The van der Waals surface area contributed by atoms with Crippen molar-refractivity contribution in [1.82, 2.24) is 29.8 Å². The summed E-state index contributed by atoms with van der Waals surface area (Å²) in [5.41, 5.74) is -1.45. The van der Waals surface area contributed by atoms with Gasteiger partial charge in [-0.3, -0.25) is 19.4 Å². The topological polar surface area (TPSA) is 176 Å². The number of ether oxygens (including phenoxy) is 3. The summed E-state index contributed by atoms with van der Waals surface area (Å²) in [6.07, 6.45) is 1.65. The molecule has 2 aromatic heterocycles. The third-order valence-corrected chi connectivity index (χ3v) is 11.3. The molecular formula is C38H64N6O8. The minimum absolute atomic E-state index is 0.0502. The number of hydrogen-bond donors (Lipinski definition) is 4. The average molecular weight is 733 g/mol. The average Bonchev–Trinajstić information content (AvgIpc) is 3.57. The summed E-state index contributed by atoms with van der Waals surface area (Å²) in [5.74, 6) is -1.51. The summed E-state index contributed by atoms with van der Waals surface area (Å²) in [5, 5.41) is 55.3. The molecule has 52 heavy (non-hydrogen) atoms. The van der Waals surface area contributed by atoms with E-state index < -0.39 is 59.8 Å². The quantitative estimate of drug-likeness (QED) is 0.292. The Balaban J connectivity index is 1.53. The maximum absolute atomic E-state index is 13.5. The molecule has 0 unspecified atom stereocenters. The van der Waals surface area contributed by atoms with Crippen LogP contribution >= 0.6 is 0 Å². The van der Waals surface area contributed by atoms with E-state index in [4.69, 9.17) is 14.2 Å². The van der Waals surface area contributed by atoms with Crippen LogP contribution in [-0.2, 0) is 25.5 Å². The number of likely N-dealkylation sites (N-methyl/N-ethyl adjacent to an activating group) is 2. The number of carbonyl (C=O) groups is 1. The van der Waals surface area contributed by atoms with Gasteiger partial charge in [0, 0.05) is 43.1 Å². The van der Waals surface area contributed by atoms with Crippen LogP contribution in [0, 0.1) is 17.8 Å². The lowest BCUT2D eigenvalue weighted by molar-refractivity contribution is -0.296. The van der Waals surface area contributed by atoms with Gasteiger partial charge >= 0.3 is 5.97 Å². The molecule has 2 aliphatic heterocycles. The molecule has 0 spiro atoms. The Hall–Kier alpha value is -2.56. The fourth-order valence-corrected chi connectivity index (χ4v) is 8.21. The number of aliphatic hydroxyl groups excluding tert-OH is 2. The molecule has 4 rings (SSSR count). The van der Waals surface area contributed by atoms with Crippen molar-refractivity contribution >= 4 is 5.97 Å². The number of aliphatic hydroxyl groups is 4. The van der Waals surface area contributed by atoms with E-state index in [1.807, 2.05) is 71.9 Å². The Morgan fingerprint density at radius 1 is 1.12 bits per heavy atom. The van der Waals surface area contributed by atoms with E-state index in [0.717, 1.165) is 11.3 Å². The highest BCUT2D eigenvalue weighted by atomic mass is 16.7. The number of aromatic nitrogens is 4. The van der Waals surface area contributed by atoms with Crippen LogP contribution in [0.5, 0.6) is 0 Å². The second-order valence-corrected chi connectivity index (χ2v) is 16.2. The van der Waals surface area contributed by atoms with Gasteiger partial charge in [-0.05, 0) is 91.4 Å². The van der Waals surface area contributed by atoms with Crippen LogP contribution < -0.4 is 0 Å². The van der Waals surface area contributed by atoms with E-state index in [2.05, 4.69) is 20.2 Å². The summed E-state index contributed by atoms with van der Waals surface area (Å²) in [6, 6.07) is 3.01. The maximum Gasteiger partial charge on any atom is 0.309 e. The zero-order chi connectivity index (χ0) is 38.5. The van der Waals surface area contributed by atoms with Gasteiger partial charge in [-0.2, -0.15) is 0 Å². The first-order valence-electron chi connectivity index (χ1n) is 18.9. The lowest BCUT2D eigenvalue weighted by Crippen LogP contribution is -2.59. The van der Waals surface area contributed by atoms with Crippen molar-refractivity contribution in [2.24, 2.45) is 17.8 Å². The second kappa shape index (κ2) is 17.7. The molecule has 0 saturated carbocycles. The Labute approximate surface area is 309 Å². The largest absolute Gasteiger partial charge is 0.459 e. The fourth-order valence-electron chi connectivity index (χ4n) is 8.21. The molecule has 0 bridgehead atoms. The third-order valence-electron chi connectivity index (χ3n) is 11.3. The first-order chi connectivity index (χ1) is 24.3. The van der Waals surface area contributed by atoms with Crippen molar-refractivity contribution in [3.8, 4) is 11.3 Å². The van der Waals surface area contributed by atoms with Gasteiger partial charge in [-0.25, -0.2) is 0 Å². The third kappa shape index (κ3) is 10.1. The summed E-state index contributed by atoms with van der Waals surface area (Å²) in [4.78, 5) is 21.6. The van der Waals surface area contributed by atoms with Crippen molar-refractivity contribution in [2.75, 3.05) is 27.2 Å². The lowest BCUT2D eigenvalue weighted by atomic mass is 9.79. The smallest absolute Gasteiger partial charge is 0.309 e. The fraction of sp³-hybridized carbons (Fsp3) is 0.789. The van der Waals surface area contributed by atoms with E-state index in [1.54, 1.807) is 30.9 Å². The highest BCUT2D eigenvalue weighted by molar-refractivity contribution is 5.72. The molecule has 2 aromatic rings. The number of hydrogen-bond acceptors (Lipinski definition) is 13. The maximum atomic E-state index is 13.5. The molecule has 2 aliphatic rings. The van der Waals surface area contributed by atoms with Gasteiger partial charge in [-0.1, -0.05) is 32.9 Å². The monoisotopic (exact) mass is 732 g/mol. The standard InChI is InChI=1S/C38H64N6O8/c1-11-31-38(8,49)33(46)27(6)43(10)21-23(2)19-37(7,48)34(24(3)17-25(4)35(47)51-31)52-36-32(45)30(18-26(5)50-36)42(9)15-16-44-22-29(40-41-44)28-13-12-14-39-20-28/h12-14,20,22-27,30-34,36,45-46,48-49H,11,15-19,21H2,1-10H3/t23-,24+,25-,26-,27-,30+,31-,32-,33-,34-,36+,37-,38-/m1/s1. The normalized spacial score (nSPS) is 39.1. The molecule has 294 valence electrons. The lowest BCUT2D eigenvalue weighted by Gasteiger charge is -2.46. The van der Waals surface area contributed by atoms with Crippen molar-refractivity contribution in [1.29, 1.82) is 0 Å². The highest BCUT2D eigenvalue weighted by Crippen LogP contribution is 2.36. The molecule has 13 atom stereocenters. The van der Waals surface area contributed by atoms with Crippen molar-refractivity contribution < 1.29 is 39.4 Å². The van der Waals surface area contributed by atoms with Gasteiger partial charge in [0.15, 0.2) is 6.29 Å². The highest BCUT2D eigenvalue weighted by Gasteiger charge is 2.48. The van der Waals surface area contributed by atoms with E-state index in [0.29, 0.717) is 45.3 Å². The summed E-state index contributed by atoms with van der Waals surface area (Å²) >= 11 is 0. The van der Waals surface area contributed by atoms with Crippen molar-refractivity contribution in [2.45, 2.75) is 148 Å². The Bertz CT molecular complexity index is 1410. The Morgan fingerprint density at radius 3 is 2.48 bits per heavy atom. The molecule has 2 fully saturated rings. The van der Waals surface area contributed by atoms with Gasteiger partial charge < -0.3 is 39.5 Å². The Kier molecular flexibility index (Phi) is 14.4. The van der Waals surface area contributed by atoms with Crippen molar-refractivity contribution in [3.63, 3.8) is 0 Å². The molecule has 0 aliphatic carbocycles. The van der Waals surface area contributed by atoms with Crippen LogP contribution in [-0.4, -0.2) is 143 Å². The molecule has 2 saturated heterocycles. The SMILES string of the molecule is CC[C@H]1OC(=O)[C@H](C)C[C@H](C)[C@@H](O[C@@H]2O[C@H](C)C[C@H](N(C)CCn3cc(-c4cccnc4)nn3)[C@H]2O)[C@](C)(O)C[C@@H](C)CN(C)[C@H](C)[C@@H](O)[C@]1(C)O. The summed E-state index contributed by atoms with van der Waals surface area (Å²) < 4.78 is 20.5. The van der Waals surface area contributed by atoms with E-state index in [-0.39, 0.29) is 24.0 Å². The number of rotatable bonds is 8. The van der Waals surface area contributed by atoms with Crippen LogP contribution in [0.15, 0.2) is 30.7 Å². The van der Waals surface area contributed by atoms with Crippen LogP contribution in [0.2, 0.25) is 0 Å². The van der Waals surface area contributed by atoms with Gasteiger partial charge in [0.2, 0.25) is 0 Å². The van der Waals surface area contributed by atoms with E-state index in [9.17, 15) is 25.2 Å². The first-order valence-corrected chi connectivity index (χ1v) is 18.9. The van der Waals surface area contributed by atoms with E-state index >= 15 is 0 Å². The number of esters is 1. The zero-order valence-electron chi connectivity index (χ0n) is 32.8. The minimum Gasteiger partial charge on any atom is -0.459 e. The molecule has 4 N–H and O–H groups in total. The Morgan fingerprint density at radius 2 is 1.83 bits per heavy atom. The molecular weight excluding hydrogens is 668 g/mol. The van der Waals surface area contributed by atoms with Gasteiger partial charge in [-0.15, -0.1) is 5.10 Å². The molecule has 0 radical (unpaired) electrons. The van der Waals surface area contributed by atoms with Gasteiger partial charge in [0.05, 0.1) is 36.5 Å². The predicted octanol–water partition coefficient (Wildman–Crippen LogP) is 2.73. The molecule has 0 amide bonds. The molecule has 0 aromatic carbocycles. The van der Waals surface area contributed by atoms with Crippen LogP contribution in [0.4, 0.5) is 0 Å². The second-order valence-electron chi connectivity index (χ2n) is 16.2. The molecule has 14 nitrogen and oxygen atoms in total. The summed E-state index contributed by atoms with van der Waals surface area (Å²) in [6.45, 7) is 16.2. The molecule has 14 heteroatoms. The number of carbonyl (C=O) groups excluding carboxylic acids is 1.